The number of benzene rings is 1. The molecule has 0 spiro atoms. The van der Waals surface area contributed by atoms with Gasteiger partial charge in [-0.2, -0.15) is 0 Å². The van der Waals surface area contributed by atoms with Crippen LogP contribution < -0.4 is 4.74 Å². The minimum atomic E-state index is 0.0315. The zero-order valence-electron chi connectivity index (χ0n) is 10.6. The maximum atomic E-state index is 9.75. The van der Waals surface area contributed by atoms with Crippen molar-refractivity contribution >= 4 is 0 Å². The van der Waals surface area contributed by atoms with E-state index < -0.39 is 0 Å². The summed E-state index contributed by atoms with van der Waals surface area (Å²) in [6.07, 6.45) is 2.92. The Morgan fingerprint density at radius 2 is 2.00 bits per heavy atom. The Morgan fingerprint density at radius 3 is 2.78 bits per heavy atom. The second kappa shape index (κ2) is 4.90. The minimum Gasteiger partial charge on any atom is -0.493 e. The van der Waals surface area contributed by atoms with E-state index in [0.29, 0.717) is 5.92 Å². The first-order chi connectivity index (χ1) is 8.83. The third-order valence-electron chi connectivity index (χ3n) is 4.37. The van der Waals surface area contributed by atoms with Gasteiger partial charge in [0.25, 0.3) is 0 Å². The van der Waals surface area contributed by atoms with Crippen LogP contribution in [0.1, 0.15) is 30.7 Å². The van der Waals surface area contributed by atoms with Crippen molar-refractivity contribution in [2.24, 2.45) is 5.41 Å². The summed E-state index contributed by atoms with van der Waals surface area (Å²) in [6, 6.07) is 8.26. The molecule has 0 radical (unpaired) electrons. The molecule has 98 valence electrons. The molecule has 1 N–H and O–H groups in total. The van der Waals surface area contributed by atoms with Gasteiger partial charge in [0.2, 0.25) is 0 Å². The lowest BCUT2D eigenvalue weighted by Crippen LogP contribution is -2.34. The smallest absolute Gasteiger partial charge is 0.122 e. The van der Waals surface area contributed by atoms with Gasteiger partial charge in [0.15, 0.2) is 0 Å². The Balaban J connectivity index is 1.77. The predicted molar refractivity (Wildman–Crippen MR) is 68.9 cm³/mol. The predicted octanol–water partition coefficient (Wildman–Crippen LogP) is 2.34. The second-order valence-corrected chi connectivity index (χ2v) is 5.52. The van der Waals surface area contributed by atoms with Crippen molar-refractivity contribution in [2.45, 2.75) is 25.2 Å². The first kappa shape index (κ1) is 12.0. The summed E-state index contributed by atoms with van der Waals surface area (Å²) in [7, 11) is 0. The molecule has 3 heteroatoms. The lowest BCUT2D eigenvalue weighted by molar-refractivity contribution is -0.0250. The van der Waals surface area contributed by atoms with E-state index in [1.165, 1.54) is 5.56 Å². The number of rotatable bonds is 3. The first-order valence-electron chi connectivity index (χ1n) is 6.73. The average Bonchev–Trinajstić information content (AvgIpc) is 2.83. The van der Waals surface area contributed by atoms with Crippen molar-refractivity contribution in [3.63, 3.8) is 0 Å². The molecule has 1 atom stereocenters. The maximum absolute atomic E-state index is 9.75. The molecule has 0 bridgehead atoms. The van der Waals surface area contributed by atoms with Gasteiger partial charge in [0.05, 0.1) is 6.61 Å². The van der Waals surface area contributed by atoms with Crippen molar-refractivity contribution in [1.29, 1.82) is 0 Å². The van der Waals surface area contributed by atoms with E-state index in [-0.39, 0.29) is 12.0 Å². The molecule has 0 amide bonds. The van der Waals surface area contributed by atoms with Gasteiger partial charge in [-0.3, -0.25) is 0 Å². The zero-order valence-corrected chi connectivity index (χ0v) is 10.6. The molecule has 2 aliphatic heterocycles. The van der Waals surface area contributed by atoms with E-state index in [1.807, 2.05) is 12.1 Å². The number of para-hydroxylation sites is 1. The fourth-order valence-corrected chi connectivity index (χ4v) is 3.15. The SMILES string of the molecule is OCC1(CC2COc3ccccc32)CCOCC1. The fraction of sp³-hybridized carbons (Fsp3) is 0.600. The fourth-order valence-electron chi connectivity index (χ4n) is 3.15. The summed E-state index contributed by atoms with van der Waals surface area (Å²) in [4.78, 5) is 0. The summed E-state index contributed by atoms with van der Waals surface area (Å²) < 4.78 is 11.1. The monoisotopic (exact) mass is 248 g/mol. The van der Waals surface area contributed by atoms with Crippen LogP contribution in [0.5, 0.6) is 5.75 Å². The molecule has 2 aliphatic rings. The Labute approximate surface area is 108 Å². The molecule has 1 unspecified atom stereocenters. The van der Waals surface area contributed by atoms with Crippen LogP contribution >= 0.6 is 0 Å². The van der Waals surface area contributed by atoms with Crippen molar-refractivity contribution in [3.05, 3.63) is 29.8 Å². The van der Waals surface area contributed by atoms with Crippen molar-refractivity contribution in [2.75, 3.05) is 26.4 Å². The van der Waals surface area contributed by atoms with E-state index >= 15 is 0 Å². The quantitative estimate of drug-likeness (QED) is 0.892. The highest BCUT2D eigenvalue weighted by molar-refractivity contribution is 5.39. The molecule has 0 aromatic heterocycles. The standard InChI is InChI=1S/C15H20O3/c16-11-15(5-7-17-8-6-15)9-12-10-18-14-4-2-1-3-13(12)14/h1-4,12,16H,5-11H2. The van der Waals surface area contributed by atoms with Crippen LogP contribution in [0.25, 0.3) is 0 Å². The van der Waals surface area contributed by atoms with Crippen LogP contribution in [0.3, 0.4) is 0 Å². The second-order valence-electron chi connectivity index (χ2n) is 5.52. The average molecular weight is 248 g/mol. The number of hydrogen-bond donors (Lipinski definition) is 1. The highest BCUT2D eigenvalue weighted by atomic mass is 16.5. The molecule has 0 saturated carbocycles. The molecule has 1 aromatic rings. The van der Waals surface area contributed by atoms with Crippen LogP contribution in [0.15, 0.2) is 24.3 Å². The maximum Gasteiger partial charge on any atom is 0.122 e. The van der Waals surface area contributed by atoms with Crippen molar-refractivity contribution in [3.8, 4) is 5.75 Å². The van der Waals surface area contributed by atoms with Crippen LogP contribution in [-0.4, -0.2) is 31.5 Å². The molecular weight excluding hydrogens is 228 g/mol. The summed E-state index contributed by atoms with van der Waals surface area (Å²) in [5.41, 5.74) is 1.33. The number of hydrogen-bond acceptors (Lipinski definition) is 3. The number of fused-ring (bicyclic) bond motifs is 1. The summed E-state index contributed by atoms with van der Waals surface area (Å²) in [5, 5.41) is 9.75. The van der Waals surface area contributed by atoms with E-state index in [9.17, 15) is 5.11 Å². The van der Waals surface area contributed by atoms with Gasteiger partial charge in [0, 0.05) is 31.3 Å². The van der Waals surface area contributed by atoms with Gasteiger partial charge in [0.1, 0.15) is 5.75 Å². The Bertz CT molecular complexity index is 410. The van der Waals surface area contributed by atoms with Crippen LogP contribution in [0.2, 0.25) is 0 Å². The number of aliphatic hydroxyl groups excluding tert-OH is 1. The zero-order chi connectivity index (χ0) is 12.4. The lowest BCUT2D eigenvalue weighted by Gasteiger charge is -2.37. The van der Waals surface area contributed by atoms with Gasteiger partial charge in [-0.05, 0) is 30.7 Å². The van der Waals surface area contributed by atoms with Crippen molar-refractivity contribution < 1.29 is 14.6 Å². The molecule has 3 rings (SSSR count). The molecule has 1 fully saturated rings. The number of ether oxygens (including phenoxy) is 2. The van der Waals surface area contributed by atoms with E-state index in [1.54, 1.807) is 0 Å². The summed E-state index contributed by atoms with van der Waals surface area (Å²) in [5.74, 6) is 1.44. The lowest BCUT2D eigenvalue weighted by atomic mass is 9.73. The third-order valence-corrected chi connectivity index (χ3v) is 4.37. The molecule has 0 aliphatic carbocycles. The summed E-state index contributed by atoms with van der Waals surface area (Å²) in [6.45, 7) is 2.56. The van der Waals surface area contributed by atoms with Gasteiger partial charge < -0.3 is 14.6 Å². The van der Waals surface area contributed by atoms with E-state index in [0.717, 1.165) is 44.8 Å². The Hall–Kier alpha value is -1.06. The highest BCUT2D eigenvalue weighted by Gasteiger charge is 2.37. The van der Waals surface area contributed by atoms with Crippen LogP contribution in [0, 0.1) is 5.41 Å². The van der Waals surface area contributed by atoms with Gasteiger partial charge in [-0.15, -0.1) is 0 Å². The molecule has 1 saturated heterocycles. The first-order valence-corrected chi connectivity index (χ1v) is 6.73. The molecule has 1 aromatic carbocycles. The molecular formula is C15H20O3. The Kier molecular flexibility index (Phi) is 3.27. The Morgan fingerprint density at radius 1 is 1.22 bits per heavy atom. The largest absolute Gasteiger partial charge is 0.493 e. The van der Waals surface area contributed by atoms with Crippen molar-refractivity contribution in [1.82, 2.24) is 0 Å². The van der Waals surface area contributed by atoms with Crippen LogP contribution in [0.4, 0.5) is 0 Å². The summed E-state index contributed by atoms with van der Waals surface area (Å²) >= 11 is 0. The highest BCUT2D eigenvalue weighted by Crippen LogP contribution is 2.44. The molecule has 2 heterocycles. The van der Waals surface area contributed by atoms with Crippen LogP contribution in [-0.2, 0) is 4.74 Å². The third kappa shape index (κ3) is 2.13. The van der Waals surface area contributed by atoms with Gasteiger partial charge in [-0.1, -0.05) is 18.2 Å². The van der Waals surface area contributed by atoms with E-state index in [2.05, 4.69) is 12.1 Å². The minimum absolute atomic E-state index is 0.0315. The normalized spacial score (nSPS) is 25.5. The topological polar surface area (TPSA) is 38.7 Å². The van der Waals surface area contributed by atoms with E-state index in [4.69, 9.17) is 9.47 Å². The number of aliphatic hydroxyl groups is 1. The van der Waals surface area contributed by atoms with Gasteiger partial charge >= 0.3 is 0 Å². The molecule has 18 heavy (non-hydrogen) atoms. The van der Waals surface area contributed by atoms with Gasteiger partial charge in [-0.25, -0.2) is 0 Å². The molecule has 3 nitrogen and oxygen atoms in total.